The van der Waals surface area contributed by atoms with Crippen LogP contribution in [0.4, 0.5) is 11.4 Å². The Morgan fingerprint density at radius 2 is 1.69 bits per heavy atom. The summed E-state index contributed by atoms with van der Waals surface area (Å²) in [6.07, 6.45) is 1.34. The molecule has 0 bridgehead atoms. The molecule has 10 heteroatoms. The Hall–Kier alpha value is -2.76. The molecule has 4 heterocycles. The smallest absolute Gasteiger partial charge is 0.250 e. The minimum Gasteiger partial charge on any atom is -0.379 e. The van der Waals surface area contributed by atoms with E-state index in [1.165, 1.54) is 0 Å². The highest BCUT2D eigenvalue weighted by Gasteiger charge is 2.22. The molecule has 0 saturated carbocycles. The Bertz CT molecular complexity index is 1400. The first kappa shape index (κ1) is 26.5. The molecule has 2 fully saturated rings. The summed E-state index contributed by atoms with van der Waals surface area (Å²) in [7, 11) is 0. The van der Waals surface area contributed by atoms with Crippen molar-refractivity contribution in [1.82, 2.24) is 9.88 Å². The van der Waals surface area contributed by atoms with Crippen LogP contribution in [0.3, 0.4) is 0 Å². The van der Waals surface area contributed by atoms with E-state index >= 15 is 0 Å². The minimum atomic E-state index is -0.106. The fraction of sp³-hybridized carbons (Fsp3) is 0.379. The molecule has 0 radical (unpaired) electrons. The Kier molecular flexibility index (Phi) is 8.26. The molecule has 3 aromatic rings. The number of carbonyl (C=O) groups is 1. The molecule has 2 N–H and O–H groups in total. The predicted octanol–water partition coefficient (Wildman–Crippen LogP) is 4.55. The molecule has 2 saturated heterocycles. The number of aromatic amines is 1. The summed E-state index contributed by atoms with van der Waals surface area (Å²) in [5.74, 6) is 0.0449. The van der Waals surface area contributed by atoms with Gasteiger partial charge in [-0.25, -0.2) is 0 Å². The Morgan fingerprint density at radius 3 is 2.51 bits per heavy atom. The third-order valence-electron chi connectivity index (χ3n) is 7.12. The molecule has 0 spiro atoms. The van der Waals surface area contributed by atoms with Crippen LogP contribution in [0.5, 0.6) is 0 Å². The lowest BCUT2D eigenvalue weighted by atomic mass is 10.1. The van der Waals surface area contributed by atoms with Gasteiger partial charge in [0.25, 0.3) is 0 Å². The van der Waals surface area contributed by atoms with Gasteiger partial charge in [-0.15, -0.1) is 0 Å². The average Bonchev–Trinajstić information content (AvgIpc) is 2.96. The number of H-pyrrole nitrogens is 1. The first-order valence-electron chi connectivity index (χ1n) is 13.4. The fourth-order valence-corrected chi connectivity index (χ4v) is 7.49. The van der Waals surface area contributed by atoms with Crippen molar-refractivity contribution in [2.24, 2.45) is 0 Å². The molecule has 3 aliphatic rings. The second kappa shape index (κ2) is 12.2. The van der Waals surface area contributed by atoms with E-state index in [9.17, 15) is 9.59 Å². The van der Waals surface area contributed by atoms with Crippen LogP contribution in [-0.2, 0) is 14.3 Å². The number of carbonyl (C=O) groups excluding carboxylic acids is 1. The molecule has 3 aliphatic heterocycles. The number of rotatable bonds is 7. The number of fused-ring (bicyclic) bond motifs is 2. The molecule has 0 aliphatic carbocycles. The molecule has 0 atom stereocenters. The van der Waals surface area contributed by atoms with E-state index in [1.54, 1.807) is 29.6 Å². The van der Waals surface area contributed by atoms with Gasteiger partial charge >= 0.3 is 0 Å². The fourth-order valence-electron chi connectivity index (χ4n) is 5.08. The van der Waals surface area contributed by atoms with Crippen LogP contribution < -0.4 is 15.8 Å². The van der Waals surface area contributed by atoms with E-state index in [0.717, 1.165) is 94.6 Å². The summed E-state index contributed by atoms with van der Waals surface area (Å²) in [5, 5.41) is 3.08. The van der Waals surface area contributed by atoms with Crippen LogP contribution in [0.25, 0.3) is 11.3 Å². The van der Waals surface area contributed by atoms with E-state index in [2.05, 4.69) is 50.4 Å². The lowest BCUT2D eigenvalue weighted by molar-refractivity contribution is -0.116. The van der Waals surface area contributed by atoms with Gasteiger partial charge in [-0.1, -0.05) is 35.7 Å². The second-order valence-corrected chi connectivity index (χ2v) is 12.0. The monoisotopic (exact) mass is 564 g/mol. The Balaban J connectivity index is 1.15. The van der Waals surface area contributed by atoms with Crippen LogP contribution >= 0.6 is 23.5 Å². The van der Waals surface area contributed by atoms with Crippen molar-refractivity contribution in [3.8, 4) is 11.3 Å². The number of hydrogen-bond donors (Lipinski definition) is 2. The number of nitrogens with one attached hydrogen (secondary N) is 2. The van der Waals surface area contributed by atoms with Gasteiger partial charge in [-0.3, -0.25) is 14.5 Å². The molecule has 39 heavy (non-hydrogen) atoms. The second-order valence-electron chi connectivity index (χ2n) is 9.82. The quantitative estimate of drug-likeness (QED) is 0.338. The molecule has 204 valence electrons. The topological polar surface area (TPSA) is 86.9 Å². The molecule has 2 aromatic carbocycles. The minimum absolute atomic E-state index is 0.0449. The van der Waals surface area contributed by atoms with Gasteiger partial charge in [0.15, 0.2) is 0 Å². The maximum Gasteiger partial charge on any atom is 0.250 e. The molecule has 8 nitrogen and oxygen atoms in total. The Morgan fingerprint density at radius 1 is 0.897 bits per heavy atom. The van der Waals surface area contributed by atoms with Crippen molar-refractivity contribution in [2.45, 2.75) is 32.4 Å². The van der Waals surface area contributed by atoms with Gasteiger partial charge in [0.1, 0.15) is 0 Å². The summed E-state index contributed by atoms with van der Waals surface area (Å²) in [4.78, 5) is 37.3. The summed E-state index contributed by atoms with van der Waals surface area (Å²) >= 11 is 3.40. The van der Waals surface area contributed by atoms with Gasteiger partial charge in [0, 0.05) is 75.2 Å². The Labute approximate surface area is 236 Å². The number of benzene rings is 2. The normalized spacial score (nSPS) is 17.4. The van der Waals surface area contributed by atoms with Gasteiger partial charge in [0.05, 0.1) is 32.1 Å². The molecule has 1 aromatic heterocycles. The standard InChI is InChI=1S/C29H32N4O4S2/c34-27(5-2-8-32-9-13-36-14-10-32)30-20-6-7-24-26(17-20)38-25-4-1-3-22(29(25)39-24)23-18-21(19-28(35)31-23)33-11-15-37-16-12-33/h1,3-4,6-7,17-19H,2,5,8-16H2,(H,30,34)(H,31,35). The highest BCUT2D eigenvalue weighted by atomic mass is 32.2. The van der Waals surface area contributed by atoms with Crippen molar-refractivity contribution in [3.05, 3.63) is 58.9 Å². The number of nitrogens with zero attached hydrogens (tertiary/aromatic N) is 2. The summed E-state index contributed by atoms with van der Waals surface area (Å²) in [5.41, 5.74) is 3.47. The number of anilines is 2. The van der Waals surface area contributed by atoms with E-state index in [4.69, 9.17) is 9.47 Å². The van der Waals surface area contributed by atoms with Crippen molar-refractivity contribution >= 4 is 40.8 Å². The molecule has 6 rings (SSSR count). The van der Waals surface area contributed by atoms with Gasteiger partial charge in [0.2, 0.25) is 11.5 Å². The zero-order valence-corrected chi connectivity index (χ0v) is 23.4. The zero-order chi connectivity index (χ0) is 26.6. The highest BCUT2D eigenvalue weighted by Crippen LogP contribution is 2.52. The van der Waals surface area contributed by atoms with Gasteiger partial charge in [-0.2, -0.15) is 0 Å². The summed E-state index contributed by atoms with van der Waals surface area (Å²) < 4.78 is 10.9. The van der Waals surface area contributed by atoms with Crippen molar-refractivity contribution < 1.29 is 14.3 Å². The van der Waals surface area contributed by atoms with Gasteiger partial charge in [-0.05, 0) is 43.3 Å². The first-order chi connectivity index (χ1) is 19.1. The summed E-state index contributed by atoms with van der Waals surface area (Å²) in [6, 6.07) is 16.1. The van der Waals surface area contributed by atoms with Crippen LogP contribution in [0.2, 0.25) is 0 Å². The number of morpholine rings is 2. The SMILES string of the molecule is O=C(CCCN1CCOCC1)Nc1ccc2c(c1)Sc1cccc(-c3cc(N4CCOCC4)cc(=O)[nH]3)c1S2. The maximum atomic E-state index is 12.6. The predicted molar refractivity (Wildman–Crippen MR) is 155 cm³/mol. The highest BCUT2D eigenvalue weighted by molar-refractivity contribution is 8.05. The molecule has 0 unspecified atom stereocenters. The lowest BCUT2D eigenvalue weighted by Crippen LogP contribution is -2.37. The third kappa shape index (κ3) is 6.36. The number of hydrogen-bond acceptors (Lipinski definition) is 8. The van der Waals surface area contributed by atoms with E-state index in [-0.39, 0.29) is 11.5 Å². The zero-order valence-electron chi connectivity index (χ0n) is 21.7. The average molecular weight is 565 g/mol. The van der Waals surface area contributed by atoms with Crippen LogP contribution in [-0.4, -0.2) is 74.9 Å². The maximum absolute atomic E-state index is 12.6. The van der Waals surface area contributed by atoms with Crippen LogP contribution in [0.1, 0.15) is 12.8 Å². The van der Waals surface area contributed by atoms with E-state index in [0.29, 0.717) is 19.6 Å². The largest absolute Gasteiger partial charge is 0.379 e. The van der Waals surface area contributed by atoms with Crippen LogP contribution in [0, 0.1) is 0 Å². The van der Waals surface area contributed by atoms with Crippen molar-refractivity contribution in [1.29, 1.82) is 0 Å². The number of ether oxygens (including phenoxy) is 2. The van der Waals surface area contributed by atoms with E-state index in [1.807, 2.05) is 12.1 Å². The lowest BCUT2D eigenvalue weighted by Gasteiger charge is -2.29. The summed E-state index contributed by atoms with van der Waals surface area (Å²) in [6.45, 7) is 7.26. The van der Waals surface area contributed by atoms with Gasteiger partial charge < -0.3 is 24.7 Å². The number of amides is 1. The van der Waals surface area contributed by atoms with Crippen LogP contribution in [0.15, 0.2) is 72.9 Å². The molecular formula is C29H32N4O4S2. The molecular weight excluding hydrogens is 532 g/mol. The number of pyridine rings is 1. The number of aromatic nitrogens is 1. The third-order valence-corrected chi connectivity index (χ3v) is 9.71. The van der Waals surface area contributed by atoms with Crippen molar-refractivity contribution in [2.75, 3.05) is 69.4 Å². The first-order valence-corrected chi connectivity index (χ1v) is 15.1. The van der Waals surface area contributed by atoms with E-state index < -0.39 is 0 Å². The molecule has 1 amide bonds. The van der Waals surface area contributed by atoms with Crippen molar-refractivity contribution in [3.63, 3.8) is 0 Å².